The summed E-state index contributed by atoms with van der Waals surface area (Å²) in [6.45, 7) is 4.14. The summed E-state index contributed by atoms with van der Waals surface area (Å²) >= 11 is 0. The minimum atomic E-state index is 0.314. The Labute approximate surface area is 82.3 Å². The normalized spacial score (nSPS) is 11.1. The quantitative estimate of drug-likeness (QED) is 0.678. The fourth-order valence-electron chi connectivity index (χ4n) is 1.61. The third-order valence-electron chi connectivity index (χ3n) is 2.29. The van der Waals surface area contributed by atoms with Crippen LogP contribution in [0.2, 0.25) is 0 Å². The number of fused-ring (bicyclic) bond motifs is 1. The minimum Gasteiger partial charge on any atom is -0.298 e. The molecule has 0 saturated carbocycles. The maximum Gasteiger partial charge on any atom is 0.150 e. The number of rotatable bonds is 2. The van der Waals surface area contributed by atoms with Gasteiger partial charge in [-0.1, -0.05) is 12.1 Å². The third kappa shape index (κ3) is 1.21. The number of aldehydes is 1. The van der Waals surface area contributed by atoms with E-state index in [0.29, 0.717) is 11.6 Å². The van der Waals surface area contributed by atoms with Crippen molar-refractivity contribution < 1.29 is 4.79 Å². The van der Waals surface area contributed by atoms with Crippen molar-refractivity contribution in [3.63, 3.8) is 0 Å². The predicted molar refractivity (Wildman–Crippen MR) is 55.5 cm³/mol. The summed E-state index contributed by atoms with van der Waals surface area (Å²) in [7, 11) is 0. The lowest BCUT2D eigenvalue weighted by molar-refractivity contribution is 0.112. The SMILES string of the molecule is CC(C)n1ncc2c(C=O)cccc21. The van der Waals surface area contributed by atoms with Crippen LogP contribution in [0.3, 0.4) is 0 Å². The van der Waals surface area contributed by atoms with Gasteiger partial charge in [-0.15, -0.1) is 0 Å². The summed E-state index contributed by atoms with van der Waals surface area (Å²) in [5.74, 6) is 0. The Kier molecular flexibility index (Phi) is 2.08. The van der Waals surface area contributed by atoms with Gasteiger partial charge >= 0.3 is 0 Å². The zero-order valence-electron chi connectivity index (χ0n) is 8.27. The maximum atomic E-state index is 10.8. The number of hydrogen-bond acceptors (Lipinski definition) is 2. The fourth-order valence-corrected chi connectivity index (χ4v) is 1.61. The Balaban J connectivity index is 2.75. The van der Waals surface area contributed by atoms with E-state index in [1.54, 1.807) is 6.20 Å². The molecule has 0 aliphatic heterocycles. The van der Waals surface area contributed by atoms with Crippen molar-refractivity contribution in [1.82, 2.24) is 9.78 Å². The van der Waals surface area contributed by atoms with Crippen molar-refractivity contribution in [1.29, 1.82) is 0 Å². The number of carbonyl (C=O) groups is 1. The van der Waals surface area contributed by atoms with Crippen LogP contribution in [0.5, 0.6) is 0 Å². The fraction of sp³-hybridized carbons (Fsp3) is 0.273. The Hall–Kier alpha value is -1.64. The molecule has 0 radical (unpaired) electrons. The number of benzene rings is 1. The Bertz CT molecular complexity index is 471. The lowest BCUT2D eigenvalue weighted by Crippen LogP contribution is -2.01. The lowest BCUT2D eigenvalue weighted by Gasteiger charge is -2.06. The molecule has 2 aromatic rings. The molecule has 2 rings (SSSR count). The van der Waals surface area contributed by atoms with Gasteiger partial charge in [0, 0.05) is 17.0 Å². The molecular weight excluding hydrogens is 176 g/mol. The molecule has 0 unspecified atom stereocenters. The second-order valence-corrected chi connectivity index (χ2v) is 3.58. The maximum absolute atomic E-state index is 10.8. The van der Waals surface area contributed by atoms with Crippen LogP contribution in [0.1, 0.15) is 30.2 Å². The predicted octanol–water partition coefficient (Wildman–Crippen LogP) is 2.43. The standard InChI is InChI=1S/C11H12N2O/c1-8(2)13-11-5-3-4-9(7-14)10(11)6-12-13/h3-8H,1-2H3. The van der Waals surface area contributed by atoms with Crippen molar-refractivity contribution in [2.45, 2.75) is 19.9 Å². The molecule has 0 spiro atoms. The van der Waals surface area contributed by atoms with E-state index < -0.39 is 0 Å². The van der Waals surface area contributed by atoms with E-state index in [4.69, 9.17) is 0 Å². The first-order chi connectivity index (χ1) is 6.74. The molecular formula is C11H12N2O. The Morgan fingerprint density at radius 3 is 2.86 bits per heavy atom. The zero-order valence-corrected chi connectivity index (χ0v) is 8.27. The van der Waals surface area contributed by atoms with Gasteiger partial charge in [-0.2, -0.15) is 5.10 Å². The van der Waals surface area contributed by atoms with Crippen LogP contribution in [0.4, 0.5) is 0 Å². The van der Waals surface area contributed by atoms with Gasteiger partial charge in [-0.25, -0.2) is 0 Å². The first-order valence-electron chi connectivity index (χ1n) is 4.65. The van der Waals surface area contributed by atoms with Gasteiger partial charge in [0.2, 0.25) is 0 Å². The highest BCUT2D eigenvalue weighted by atomic mass is 16.1. The van der Waals surface area contributed by atoms with E-state index in [-0.39, 0.29) is 0 Å². The van der Waals surface area contributed by atoms with Gasteiger partial charge in [0.25, 0.3) is 0 Å². The Morgan fingerprint density at radius 2 is 2.21 bits per heavy atom. The third-order valence-corrected chi connectivity index (χ3v) is 2.29. The molecule has 0 N–H and O–H groups in total. The molecule has 3 heteroatoms. The molecule has 0 bridgehead atoms. The molecule has 1 heterocycles. The summed E-state index contributed by atoms with van der Waals surface area (Å²) in [6, 6.07) is 5.98. The largest absolute Gasteiger partial charge is 0.298 e. The van der Waals surface area contributed by atoms with E-state index in [1.807, 2.05) is 22.9 Å². The van der Waals surface area contributed by atoms with E-state index in [2.05, 4.69) is 18.9 Å². The van der Waals surface area contributed by atoms with Gasteiger partial charge in [-0.3, -0.25) is 9.48 Å². The number of nitrogens with zero attached hydrogens (tertiary/aromatic N) is 2. The van der Waals surface area contributed by atoms with Crippen molar-refractivity contribution >= 4 is 17.2 Å². The van der Waals surface area contributed by atoms with Gasteiger partial charge in [-0.05, 0) is 19.9 Å². The topological polar surface area (TPSA) is 34.9 Å². The molecule has 0 atom stereocenters. The molecule has 0 saturated heterocycles. The molecule has 0 aliphatic rings. The monoisotopic (exact) mass is 188 g/mol. The second kappa shape index (κ2) is 3.25. The number of carbonyl (C=O) groups excluding carboxylic acids is 1. The molecule has 72 valence electrons. The summed E-state index contributed by atoms with van der Waals surface area (Å²) in [5, 5.41) is 5.19. The van der Waals surface area contributed by atoms with Crippen molar-refractivity contribution in [3.8, 4) is 0 Å². The van der Waals surface area contributed by atoms with Crippen LogP contribution >= 0.6 is 0 Å². The van der Waals surface area contributed by atoms with Crippen molar-refractivity contribution in [2.75, 3.05) is 0 Å². The zero-order chi connectivity index (χ0) is 10.1. The van der Waals surface area contributed by atoms with Gasteiger partial charge < -0.3 is 0 Å². The molecule has 1 aromatic heterocycles. The summed E-state index contributed by atoms with van der Waals surface area (Å²) in [6.07, 6.45) is 2.62. The molecule has 0 aliphatic carbocycles. The van der Waals surface area contributed by atoms with Crippen molar-refractivity contribution in [2.24, 2.45) is 0 Å². The molecule has 1 aromatic carbocycles. The highest BCUT2D eigenvalue weighted by Gasteiger charge is 2.07. The lowest BCUT2D eigenvalue weighted by atomic mass is 10.1. The van der Waals surface area contributed by atoms with E-state index in [9.17, 15) is 4.79 Å². The first-order valence-corrected chi connectivity index (χ1v) is 4.65. The van der Waals surface area contributed by atoms with Crippen LogP contribution in [-0.2, 0) is 0 Å². The van der Waals surface area contributed by atoms with Crippen molar-refractivity contribution in [3.05, 3.63) is 30.0 Å². The molecule has 14 heavy (non-hydrogen) atoms. The molecule has 3 nitrogen and oxygen atoms in total. The number of hydrogen-bond donors (Lipinski definition) is 0. The van der Waals surface area contributed by atoms with Gasteiger partial charge in [0.15, 0.2) is 6.29 Å². The minimum absolute atomic E-state index is 0.314. The average Bonchev–Trinajstić information content (AvgIpc) is 2.60. The smallest absolute Gasteiger partial charge is 0.150 e. The van der Waals surface area contributed by atoms with Gasteiger partial charge in [0.1, 0.15) is 0 Å². The van der Waals surface area contributed by atoms with Gasteiger partial charge in [0.05, 0.1) is 11.7 Å². The Morgan fingerprint density at radius 1 is 1.43 bits per heavy atom. The highest BCUT2D eigenvalue weighted by Crippen LogP contribution is 2.19. The second-order valence-electron chi connectivity index (χ2n) is 3.58. The molecule has 0 fully saturated rings. The van der Waals surface area contributed by atoms with Crippen LogP contribution in [0.15, 0.2) is 24.4 Å². The van der Waals surface area contributed by atoms with Crippen LogP contribution < -0.4 is 0 Å². The average molecular weight is 188 g/mol. The highest BCUT2D eigenvalue weighted by molar-refractivity contribution is 5.96. The first kappa shape index (κ1) is 8.94. The number of aromatic nitrogens is 2. The summed E-state index contributed by atoms with van der Waals surface area (Å²) < 4.78 is 1.92. The van der Waals surface area contributed by atoms with Crippen LogP contribution in [0.25, 0.3) is 10.9 Å². The summed E-state index contributed by atoms with van der Waals surface area (Å²) in [4.78, 5) is 10.8. The molecule has 0 amide bonds. The van der Waals surface area contributed by atoms with E-state index >= 15 is 0 Å². The van der Waals surface area contributed by atoms with E-state index in [1.165, 1.54) is 0 Å². The van der Waals surface area contributed by atoms with Crippen LogP contribution in [-0.4, -0.2) is 16.1 Å². The summed E-state index contributed by atoms with van der Waals surface area (Å²) in [5.41, 5.74) is 1.72. The van der Waals surface area contributed by atoms with E-state index in [0.717, 1.165) is 17.2 Å². The van der Waals surface area contributed by atoms with Crippen LogP contribution in [0, 0.1) is 0 Å².